The van der Waals surface area contributed by atoms with E-state index in [1.54, 1.807) is 0 Å². The van der Waals surface area contributed by atoms with Gasteiger partial charge >= 0.3 is 0 Å². The lowest BCUT2D eigenvalue weighted by Gasteiger charge is -1.89. The van der Waals surface area contributed by atoms with E-state index in [9.17, 15) is 0 Å². The van der Waals surface area contributed by atoms with Gasteiger partial charge in [-0.1, -0.05) is 18.2 Å². The predicted octanol–water partition coefficient (Wildman–Crippen LogP) is 1.24. The molecule has 0 rings (SSSR count). The maximum atomic E-state index is 5.37. The molecule has 44 valence electrons. The zero-order valence-electron chi connectivity index (χ0n) is 4.39. The molecule has 3 heteroatoms. The van der Waals surface area contributed by atoms with Crippen LogP contribution in [-0.4, -0.2) is 6.72 Å². The van der Waals surface area contributed by atoms with Crippen molar-refractivity contribution < 1.29 is 0 Å². The topological polar surface area (TPSA) is 38.4 Å². The van der Waals surface area contributed by atoms with Crippen molar-refractivity contribution in [3.05, 3.63) is 23.5 Å². The van der Waals surface area contributed by atoms with Crippen molar-refractivity contribution in [3.8, 4) is 0 Å². The molecule has 0 heterocycles. The molecule has 0 unspecified atom stereocenters. The third-order valence-corrected chi connectivity index (χ3v) is 0.935. The van der Waals surface area contributed by atoms with E-state index >= 15 is 0 Å². The van der Waals surface area contributed by atoms with Gasteiger partial charge in [0.1, 0.15) is 0 Å². The number of aliphatic imine (C=N–C) groups is 1. The van der Waals surface area contributed by atoms with Crippen molar-refractivity contribution in [2.75, 3.05) is 0 Å². The first kappa shape index (κ1) is 7.24. The molecule has 2 nitrogen and oxygen atoms in total. The average molecular weight is 131 g/mol. The summed E-state index contributed by atoms with van der Waals surface area (Å²) in [7, 11) is 0. The van der Waals surface area contributed by atoms with Gasteiger partial charge in [0.15, 0.2) is 5.16 Å². The number of nitrogens with zero attached hydrogens (tertiary/aromatic N) is 1. The summed E-state index contributed by atoms with van der Waals surface area (Å²) in [4.78, 5) is 3.36. The van der Waals surface area contributed by atoms with Crippen LogP contribution in [0.15, 0.2) is 28.5 Å². The Morgan fingerprint density at radius 3 is 2.38 bits per heavy atom. The van der Waals surface area contributed by atoms with Crippen LogP contribution in [-0.2, 0) is 0 Å². The van der Waals surface area contributed by atoms with Crippen LogP contribution in [0, 0.1) is 0 Å². The molecular weight excluding hydrogens is 124 g/mol. The Morgan fingerprint density at radius 2 is 2.25 bits per heavy atom. The van der Waals surface area contributed by atoms with Gasteiger partial charge in [0.2, 0.25) is 0 Å². The lowest BCUT2D eigenvalue weighted by molar-refractivity contribution is 1.35. The maximum Gasteiger partial charge on any atom is 0.151 e. The number of hydrogen-bond donors (Lipinski definition) is 1. The van der Waals surface area contributed by atoms with E-state index < -0.39 is 0 Å². The Hall–Kier alpha value is -0.760. The lowest BCUT2D eigenvalue weighted by Crippen LogP contribution is -1.93. The van der Waals surface area contributed by atoms with Crippen LogP contribution in [0.3, 0.4) is 0 Å². The van der Waals surface area contributed by atoms with E-state index in [4.69, 9.17) is 17.3 Å². The Kier molecular flexibility index (Phi) is 2.96. The maximum absolute atomic E-state index is 5.37. The second kappa shape index (κ2) is 3.27. The summed E-state index contributed by atoms with van der Waals surface area (Å²) >= 11 is 5.37. The number of rotatable bonds is 2. The summed E-state index contributed by atoms with van der Waals surface area (Å²) in [5.41, 5.74) is 5.57. The van der Waals surface area contributed by atoms with Gasteiger partial charge in [-0.15, -0.1) is 0 Å². The molecule has 0 saturated carbocycles. The molecule has 8 heavy (non-hydrogen) atoms. The van der Waals surface area contributed by atoms with Gasteiger partial charge < -0.3 is 5.73 Å². The largest absolute Gasteiger partial charge is 0.396 e. The Balaban J connectivity index is 4.25. The van der Waals surface area contributed by atoms with Crippen LogP contribution in [0.2, 0.25) is 0 Å². The molecule has 0 aliphatic heterocycles. The fourth-order valence-electron chi connectivity index (χ4n) is 0.176. The van der Waals surface area contributed by atoms with E-state index in [1.165, 1.54) is 6.08 Å². The molecule has 0 aliphatic rings. The first-order valence-electron chi connectivity index (χ1n) is 1.96. The number of halogens is 1. The molecule has 0 saturated heterocycles. The molecule has 2 N–H and O–H groups in total. The standard InChI is InChI=1S/C5H7ClN2/c1-3-4(7)5(6)8-2/h3H,1-2,7H2/b5-4+. The van der Waals surface area contributed by atoms with Crippen molar-refractivity contribution in [2.24, 2.45) is 10.7 Å². The quantitative estimate of drug-likeness (QED) is 0.341. The van der Waals surface area contributed by atoms with Gasteiger partial charge in [-0.25, -0.2) is 0 Å². The summed E-state index contributed by atoms with van der Waals surface area (Å²) in [6.07, 6.45) is 1.41. The summed E-state index contributed by atoms with van der Waals surface area (Å²) in [6, 6.07) is 0. The monoisotopic (exact) mass is 130 g/mol. The zero-order valence-corrected chi connectivity index (χ0v) is 5.15. The minimum Gasteiger partial charge on any atom is -0.396 e. The van der Waals surface area contributed by atoms with Gasteiger partial charge in [-0.05, 0) is 12.8 Å². The fraction of sp³-hybridized carbons (Fsp3) is 0. The minimum absolute atomic E-state index is 0.194. The van der Waals surface area contributed by atoms with Crippen LogP contribution >= 0.6 is 11.6 Å². The second-order valence-corrected chi connectivity index (χ2v) is 1.47. The van der Waals surface area contributed by atoms with E-state index in [0.29, 0.717) is 5.70 Å². The van der Waals surface area contributed by atoms with Crippen molar-refractivity contribution in [1.82, 2.24) is 0 Å². The smallest absolute Gasteiger partial charge is 0.151 e. The number of allylic oxidation sites excluding steroid dienone is 1. The second-order valence-electron chi connectivity index (χ2n) is 1.11. The van der Waals surface area contributed by atoms with Crippen molar-refractivity contribution in [3.63, 3.8) is 0 Å². The highest BCUT2D eigenvalue weighted by atomic mass is 35.5. The summed E-state index contributed by atoms with van der Waals surface area (Å²) in [5.74, 6) is 0. The van der Waals surface area contributed by atoms with Gasteiger partial charge in [0.05, 0.1) is 5.70 Å². The van der Waals surface area contributed by atoms with Crippen LogP contribution in [0.25, 0.3) is 0 Å². The third-order valence-electron chi connectivity index (χ3n) is 0.597. The number of hydrogen-bond acceptors (Lipinski definition) is 2. The first-order valence-corrected chi connectivity index (χ1v) is 2.34. The fourth-order valence-corrected chi connectivity index (χ4v) is 0.253. The molecule has 0 amide bonds. The predicted molar refractivity (Wildman–Crippen MR) is 36.8 cm³/mol. The van der Waals surface area contributed by atoms with E-state index in [2.05, 4.69) is 18.3 Å². The van der Waals surface area contributed by atoms with Crippen LogP contribution in [0.4, 0.5) is 0 Å². The molecular formula is C5H7ClN2. The zero-order chi connectivity index (χ0) is 6.57. The molecule has 0 bridgehead atoms. The highest BCUT2D eigenvalue weighted by molar-refractivity contribution is 6.30. The van der Waals surface area contributed by atoms with E-state index in [-0.39, 0.29) is 5.16 Å². The highest BCUT2D eigenvalue weighted by Gasteiger charge is 1.87. The van der Waals surface area contributed by atoms with Crippen LogP contribution in [0.1, 0.15) is 0 Å². The molecule has 0 aromatic carbocycles. The molecule has 0 spiro atoms. The third kappa shape index (κ3) is 1.80. The Morgan fingerprint density at radius 1 is 1.75 bits per heavy atom. The Labute approximate surface area is 53.4 Å². The molecule has 0 aromatic heterocycles. The molecule has 0 aliphatic carbocycles. The molecule has 0 radical (unpaired) electrons. The SMILES string of the molecule is C=C/C(N)=C(/Cl)N=C. The Bertz CT molecular complexity index is 121. The van der Waals surface area contributed by atoms with Crippen LogP contribution < -0.4 is 5.73 Å². The summed E-state index contributed by atoms with van der Waals surface area (Å²) in [6.45, 7) is 6.54. The van der Waals surface area contributed by atoms with Gasteiger partial charge in [-0.2, -0.15) is 0 Å². The highest BCUT2D eigenvalue weighted by Crippen LogP contribution is 2.04. The molecule has 0 fully saturated rings. The van der Waals surface area contributed by atoms with Gasteiger partial charge in [0, 0.05) is 0 Å². The minimum atomic E-state index is 0.194. The summed E-state index contributed by atoms with van der Waals surface area (Å²) < 4.78 is 0. The van der Waals surface area contributed by atoms with Crippen molar-refractivity contribution in [2.45, 2.75) is 0 Å². The van der Waals surface area contributed by atoms with E-state index in [1.807, 2.05) is 0 Å². The van der Waals surface area contributed by atoms with Crippen LogP contribution in [0.5, 0.6) is 0 Å². The van der Waals surface area contributed by atoms with E-state index in [0.717, 1.165) is 0 Å². The number of nitrogens with two attached hydrogens (primary N) is 1. The summed E-state index contributed by atoms with van der Waals surface area (Å²) in [5, 5.41) is 0.194. The first-order chi connectivity index (χ1) is 3.72. The van der Waals surface area contributed by atoms with Crippen molar-refractivity contribution >= 4 is 18.3 Å². The normalized spacial score (nSPS) is 12.1. The average Bonchev–Trinajstić information content (AvgIpc) is 1.84. The molecule has 0 atom stereocenters. The van der Waals surface area contributed by atoms with Gasteiger partial charge in [-0.3, -0.25) is 4.99 Å². The molecule has 0 aromatic rings. The van der Waals surface area contributed by atoms with Gasteiger partial charge in [0.25, 0.3) is 0 Å². The van der Waals surface area contributed by atoms with Crippen molar-refractivity contribution in [1.29, 1.82) is 0 Å². The lowest BCUT2D eigenvalue weighted by atomic mass is 10.5.